The molecule has 0 bridgehead atoms. The van der Waals surface area contributed by atoms with Gasteiger partial charge in [-0.25, -0.2) is 9.78 Å². The Labute approximate surface area is 123 Å². The molecule has 2 N–H and O–H groups in total. The molecule has 1 heterocycles. The van der Waals surface area contributed by atoms with Gasteiger partial charge in [0, 0.05) is 5.41 Å². The van der Waals surface area contributed by atoms with E-state index in [1.165, 1.54) is 18.3 Å². The van der Waals surface area contributed by atoms with Crippen LogP contribution in [0.1, 0.15) is 61.4 Å². The predicted molar refractivity (Wildman–Crippen MR) is 79.3 cm³/mol. The molecule has 1 aromatic rings. The third kappa shape index (κ3) is 3.36. The number of rotatable bonds is 4. The Kier molecular flexibility index (Phi) is 4.59. The standard InChI is InChI=1S/C14H22N2O3S/c1-7-14(6,12(18)19)16-10(17)9-8(2)15-11(20-9)13(3,4)5/h7H2,1-6H3,(H,16,17)(H,18,19). The number of nitrogens with zero attached hydrogens (tertiary/aromatic N) is 1. The van der Waals surface area contributed by atoms with Gasteiger partial charge in [-0.1, -0.05) is 27.7 Å². The molecular weight excluding hydrogens is 276 g/mol. The molecule has 0 saturated heterocycles. The normalized spacial score (nSPS) is 14.7. The van der Waals surface area contributed by atoms with Gasteiger partial charge in [-0.2, -0.15) is 0 Å². The van der Waals surface area contributed by atoms with Crippen LogP contribution in [0.5, 0.6) is 0 Å². The van der Waals surface area contributed by atoms with Crippen molar-refractivity contribution < 1.29 is 14.7 Å². The van der Waals surface area contributed by atoms with Crippen molar-refractivity contribution in [2.45, 2.75) is 58.9 Å². The molecule has 1 amide bonds. The van der Waals surface area contributed by atoms with E-state index in [4.69, 9.17) is 0 Å². The number of nitrogens with one attached hydrogen (secondary N) is 1. The van der Waals surface area contributed by atoms with Gasteiger partial charge in [0.05, 0.1) is 10.7 Å². The number of amides is 1. The molecule has 0 aliphatic heterocycles. The number of carbonyl (C=O) groups excluding carboxylic acids is 1. The number of aryl methyl sites for hydroxylation is 1. The highest BCUT2D eigenvalue weighted by atomic mass is 32.1. The van der Waals surface area contributed by atoms with Crippen molar-refractivity contribution in [1.82, 2.24) is 10.3 Å². The second-order valence-electron chi connectivity index (χ2n) is 6.13. The van der Waals surface area contributed by atoms with Crippen LogP contribution in [0.15, 0.2) is 0 Å². The molecule has 6 heteroatoms. The van der Waals surface area contributed by atoms with Crippen LogP contribution in [-0.4, -0.2) is 27.5 Å². The molecule has 112 valence electrons. The molecule has 1 atom stereocenters. The third-order valence-electron chi connectivity index (χ3n) is 3.21. The van der Waals surface area contributed by atoms with E-state index < -0.39 is 11.5 Å². The summed E-state index contributed by atoms with van der Waals surface area (Å²) in [5.41, 5.74) is -0.745. The molecule has 5 nitrogen and oxygen atoms in total. The topological polar surface area (TPSA) is 79.3 Å². The minimum atomic E-state index is -1.25. The molecule has 0 spiro atoms. The van der Waals surface area contributed by atoms with Crippen molar-refractivity contribution >= 4 is 23.2 Å². The molecule has 1 rings (SSSR count). The number of carboxylic acid groups (broad SMARTS) is 1. The first kappa shape index (κ1) is 16.6. The van der Waals surface area contributed by atoms with E-state index in [-0.39, 0.29) is 11.3 Å². The summed E-state index contributed by atoms with van der Waals surface area (Å²) in [6, 6.07) is 0. The fourth-order valence-corrected chi connectivity index (χ4v) is 2.55. The predicted octanol–water partition coefficient (Wildman–Crippen LogP) is 2.73. The summed E-state index contributed by atoms with van der Waals surface area (Å²) in [7, 11) is 0. The van der Waals surface area contributed by atoms with Gasteiger partial charge in [0.15, 0.2) is 0 Å². The fraction of sp³-hybridized carbons (Fsp3) is 0.643. The molecule has 1 unspecified atom stereocenters. The summed E-state index contributed by atoms with van der Waals surface area (Å²) in [4.78, 5) is 28.4. The molecule has 0 aromatic carbocycles. The number of aliphatic carboxylic acids is 1. The van der Waals surface area contributed by atoms with E-state index in [9.17, 15) is 14.7 Å². The molecule has 0 saturated carbocycles. The van der Waals surface area contributed by atoms with Crippen molar-refractivity contribution in [2.24, 2.45) is 0 Å². The van der Waals surface area contributed by atoms with E-state index in [0.717, 1.165) is 5.01 Å². The molecular formula is C14H22N2O3S. The highest BCUT2D eigenvalue weighted by molar-refractivity contribution is 7.14. The molecule has 0 radical (unpaired) electrons. The maximum atomic E-state index is 12.3. The van der Waals surface area contributed by atoms with Crippen molar-refractivity contribution in [3.8, 4) is 0 Å². The highest BCUT2D eigenvalue weighted by Gasteiger charge is 2.34. The summed E-state index contributed by atoms with van der Waals surface area (Å²) < 4.78 is 0. The van der Waals surface area contributed by atoms with Gasteiger partial charge in [-0.3, -0.25) is 4.79 Å². The Bertz CT molecular complexity index is 531. The average Bonchev–Trinajstić information content (AvgIpc) is 2.70. The smallest absolute Gasteiger partial charge is 0.329 e. The largest absolute Gasteiger partial charge is 0.480 e. The SMILES string of the molecule is CCC(C)(NC(=O)c1sc(C(C)(C)C)nc1C)C(=O)O. The zero-order valence-corrected chi connectivity index (χ0v) is 13.6. The first-order valence-electron chi connectivity index (χ1n) is 6.55. The zero-order valence-electron chi connectivity index (χ0n) is 12.8. The summed E-state index contributed by atoms with van der Waals surface area (Å²) in [5, 5.41) is 12.7. The monoisotopic (exact) mass is 298 g/mol. The van der Waals surface area contributed by atoms with Gasteiger partial charge in [-0.05, 0) is 20.3 Å². The number of hydrogen-bond acceptors (Lipinski definition) is 4. The minimum Gasteiger partial charge on any atom is -0.480 e. The van der Waals surface area contributed by atoms with Gasteiger partial charge in [0.1, 0.15) is 10.4 Å². The molecule has 0 aliphatic rings. The maximum Gasteiger partial charge on any atom is 0.329 e. The van der Waals surface area contributed by atoms with E-state index in [0.29, 0.717) is 17.0 Å². The molecule has 1 aromatic heterocycles. The molecule has 0 fully saturated rings. The highest BCUT2D eigenvalue weighted by Crippen LogP contribution is 2.29. The lowest BCUT2D eigenvalue weighted by Gasteiger charge is -2.24. The van der Waals surface area contributed by atoms with E-state index in [2.05, 4.69) is 10.3 Å². The lowest BCUT2D eigenvalue weighted by molar-refractivity contribution is -0.143. The summed E-state index contributed by atoms with van der Waals surface area (Å²) >= 11 is 1.32. The lowest BCUT2D eigenvalue weighted by Crippen LogP contribution is -2.51. The Balaban J connectivity index is 3.05. The summed E-state index contributed by atoms with van der Waals surface area (Å²) in [6.07, 6.45) is 0.318. The molecule has 0 aliphatic carbocycles. The maximum absolute atomic E-state index is 12.3. The van der Waals surface area contributed by atoms with Crippen LogP contribution in [0.2, 0.25) is 0 Å². The second-order valence-corrected chi connectivity index (χ2v) is 7.13. The van der Waals surface area contributed by atoms with Crippen LogP contribution in [0.3, 0.4) is 0 Å². The number of carbonyl (C=O) groups is 2. The second kappa shape index (κ2) is 5.52. The first-order valence-corrected chi connectivity index (χ1v) is 7.36. The van der Waals surface area contributed by atoms with Crippen molar-refractivity contribution in [2.75, 3.05) is 0 Å². The summed E-state index contributed by atoms with van der Waals surface area (Å²) in [5.74, 6) is -1.41. The average molecular weight is 298 g/mol. The van der Waals surface area contributed by atoms with Crippen LogP contribution in [0, 0.1) is 6.92 Å². The van der Waals surface area contributed by atoms with E-state index in [1.54, 1.807) is 13.8 Å². The Hall–Kier alpha value is -1.43. The fourth-order valence-electron chi connectivity index (χ4n) is 1.53. The van der Waals surface area contributed by atoms with Gasteiger partial charge >= 0.3 is 5.97 Å². The number of aromatic nitrogens is 1. The first-order chi connectivity index (χ1) is 9.01. The van der Waals surface area contributed by atoms with Crippen molar-refractivity contribution in [3.63, 3.8) is 0 Å². The number of hydrogen-bond donors (Lipinski definition) is 2. The Morgan fingerprint density at radius 2 is 1.85 bits per heavy atom. The quantitative estimate of drug-likeness (QED) is 0.895. The van der Waals surface area contributed by atoms with Crippen molar-refractivity contribution in [3.05, 3.63) is 15.6 Å². The zero-order chi connectivity index (χ0) is 15.7. The van der Waals surface area contributed by atoms with E-state index in [1.807, 2.05) is 20.8 Å². The third-order valence-corrected chi connectivity index (χ3v) is 4.79. The van der Waals surface area contributed by atoms with Crippen molar-refractivity contribution in [1.29, 1.82) is 0 Å². The van der Waals surface area contributed by atoms with Gasteiger partial charge in [0.2, 0.25) is 0 Å². The lowest BCUT2D eigenvalue weighted by atomic mass is 9.98. The van der Waals surface area contributed by atoms with Gasteiger partial charge in [0.25, 0.3) is 5.91 Å². The van der Waals surface area contributed by atoms with Crippen LogP contribution >= 0.6 is 11.3 Å². The van der Waals surface area contributed by atoms with E-state index >= 15 is 0 Å². The minimum absolute atomic E-state index is 0.130. The number of carboxylic acids is 1. The van der Waals surface area contributed by atoms with Gasteiger partial charge in [-0.15, -0.1) is 11.3 Å². The number of thiazole rings is 1. The Morgan fingerprint density at radius 3 is 2.20 bits per heavy atom. The van der Waals surface area contributed by atoms with Gasteiger partial charge < -0.3 is 10.4 Å². The van der Waals surface area contributed by atoms with Crippen LogP contribution in [-0.2, 0) is 10.2 Å². The Morgan fingerprint density at radius 1 is 1.30 bits per heavy atom. The van der Waals surface area contributed by atoms with Crippen LogP contribution in [0.25, 0.3) is 0 Å². The van der Waals surface area contributed by atoms with Crippen LogP contribution in [0.4, 0.5) is 0 Å². The molecule has 20 heavy (non-hydrogen) atoms. The van der Waals surface area contributed by atoms with Crippen LogP contribution < -0.4 is 5.32 Å². The summed E-state index contributed by atoms with van der Waals surface area (Å²) in [6.45, 7) is 11.1.